The third-order valence-corrected chi connectivity index (χ3v) is 4.91. The first-order valence-electron chi connectivity index (χ1n) is 7.93. The van der Waals surface area contributed by atoms with Crippen LogP contribution < -0.4 is 10.6 Å². The molecular formula is C16H28N4S. The fraction of sp³-hybridized carbons (Fsp3) is 0.688. The van der Waals surface area contributed by atoms with E-state index < -0.39 is 0 Å². The van der Waals surface area contributed by atoms with Crippen molar-refractivity contribution in [2.75, 3.05) is 33.2 Å². The summed E-state index contributed by atoms with van der Waals surface area (Å²) in [7, 11) is 2.21. The molecule has 0 radical (unpaired) electrons. The lowest BCUT2D eigenvalue weighted by atomic mass is 9.97. The molecule has 1 fully saturated rings. The van der Waals surface area contributed by atoms with Crippen LogP contribution in [0.25, 0.3) is 0 Å². The lowest BCUT2D eigenvalue weighted by molar-refractivity contribution is 0.220. The molecule has 1 aromatic heterocycles. The average molecular weight is 308 g/mol. The highest BCUT2D eigenvalue weighted by Crippen LogP contribution is 2.16. The predicted molar refractivity (Wildman–Crippen MR) is 92.1 cm³/mol. The Balaban J connectivity index is 1.80. The minimum Gasteiger partial charge on any atom is -0.357 e. The van der Waals surface area contributed by atoms with Gasteiger partial charge in [0.15, 0.2) is 5.96 Å². The van der Waals surface area contributed by atoms with Crippen LogP contribution in [0, 0.1) is 12.8 Å². The summed E-state index contributed by atoms with van der Waals surface area (Å²) in [5.41, 5.74) is 0. The first-order chi connectivity index (χ1) is 10.2. The number of nitrogens with zero attached hydrogens (tertiary/aromatic N) is 2. The molecule has 1 aliphatic rings. The number of aliphatic imine (C=N–C) groups is 1. The zero-order chi connectivity index (χ0) is 15.1. The third-order valence-electron chi connectivity index (χ3n) is 3.93. The zero-order valence-electron chi connectivity index (χ0n) is 13.5. The maximum atomic E-state index is 4.69. The number of hydrogen-bond donors (Lipinski definition) is 2. The van der Waals surface area contributed by atoms with Gasteiger partial charge in [-0.2, -0.15) is 0 Å². The second kappa shape index (κ2) is 8.39. The Morgan fingerprint density at radius 3 is 2.71 bits per heavy atom. The van der Waals surface area contributed by atoms with Gasteiger partial charge in [-0.15, -0.1) is 11.3 Å². The molecule has 2 rings (SSSR count). The lowest BCUT2D eigenvalue weighted by Crippen LogP contribution is -2.42. The van der Waals surface area contributed by atoms with Gasteiger partial charge in [-0.05, 0) is 64.9 Å². The average Bonchev–Trinajstić information content (AvgIpc) is 2.89. The maximum absolute atomic E-state index is 4.69. The van der Waals surface area contributed by atoms with Gasteiger partial charge >= 0.3 is 0 Å². The normalized spacial score (nSPS) is 18.0. The van der Waals surface area contributed by atoms with Crippen LogP contribution in [0.1, 0.15) is 29.5 Å². The van der Waals surface area contributed by atoms with Gasteiger partial charge in [0.25, 0.3) is 0 Å². The molecular weight excluding hydrogens is 280 g/mol. The van der Waals surface area contributed by atoms with Crippen LogP contribution in [-0.2, 0) is 6.54 Å². The summed E-state index contributed by atoms with van der Waals surface area (Å²) >= 11 is 1.83. The number of aryl methyl sites for hydroxylation is 1. The SMILES string of the molecule is CCNC(=NCc1ccc(C)s1)NCC1CCN(C)CC1. The van der Waals surface area contributed by atoms with Crippen LogP contribution in [0.2, 0.25) is 0 Å². The summed E-state index contributed by atoms with van der Waals surface area (Å²) in [6, 6.07) is 4.33. The van der Waals surface area contributed by atoms with Crippen molar-refractivity contribution in [1.29, 1.82) is 0 Å². The van der Waals surface area contributed by atoms with Crippen molar-refractivity contribution in [1.82, 2.24) is 15.5 Å². The minimum atomic E-state index is 0.765. The molecule has 1 aliphatic heterocycles. The predicted octanol–water partition coefficient (Wildman–Crippen LogP) is 2.45. The van der Waals surface area contributed by atoms with E-state index in [2.05, 4.69) is 48.6 Å². The van der Waals surface area contributed by atoms with E-state index in [0.29, 0.717) is 0 Å². The molecule has 1 aromatic rings. The largest absolute Gasteiger partial charge is 0.357 e. The monoisotopic (exact) mass is 308 g/mol. The van der Waals surface area contributed by atoms with Crippen molar-refractivity contribution >= 4 is 17.3 Å². The Morgan fingerprint density at radius 1 is 1.33 bits per heavy atom. The Kier molecular flexibility index (Phi) is 6.51. The number of piperidine rings is 1. The fourth-order valence-corrected chi connectivity index (χ4v) is 3.39. The van der Waals surface area contributed by atoms with E-state index >= 15 is 0 Å². The van der Waals surface area contributed by atoms with Gasteiger partial charge in [0.1, 0.15) is 0 Å². The molecule has 21 heavy (non-hydrogen) atoms. The van der Waals surface area contributed by atoms with Crippen LogP contribution >= 0.6 is 11.3 Å². The summed E-state index contributed by atoms with van der Waals surface area (Å²) < 4.78 is 0. The van der Waals surface area contributed by atoms with E-state index in [0.717, 1.165) is 31.5 Å². The third kappa shape index (κ3) is 5.67. The van der Waals surface area contributed by atoms with E-state index in [-0.39, 0.29) is 0 Å². The van der Waals surface area contributed by atoms with Crippen LogP contribution in [0.3, 0.4) is 0 Å². The molecule has 5 heteroatoms. The van der Waals surface area contributed by atoms with Gasteiger partial charge in [0, 0.05) is 22.8 Å². The van der Waals surface area contributed by atoms with Crippen molar-refractivity contribution in [2.24, 2.45) is 10.9 Å². The smallest absolute Gasteiger partial charge is 0.191 e. The summed E-state index contributed by atoms with van der Waals surface area (Å²) in [4.78, 5) is 9.78. The van der Waals surface area contributed by atoms with Gasteiger partial charge < -0.3 is 15.5 Å². The molecule has 0 amide bonds. The molecule has 0 spiro atoms. The lowest BCUT2D eigenvalue weighted by Gasteiger charge is -2.29. The van der Waals surface area contributed by atoms with Crippen molar-refractivity contribution in [2.45, 2.75) is 33.2 Å². The molecule has 4 nitrogen and oxygen atoms in total. The van der Waals surface area contributed by atoms with Gasteiger partial charge in [-0.1, -0.05) is 0 Å². The van der Waals surface area contributed by atoms with Crippen LogP contribution in [0.4, 0.5) is 0 Å². The Morgan fingerprint density at radius 2 is 2.10 bits per heavy atom. The molecule has 2 N–H and O–H groups in total. The van der Waals surface area contributed by atoms with Gasteiger partial charge in [-0.25, -0.2) is 4.99 Å². The second-order valence-corrected chi connectivity index (χ2v) is 7.21. The Hall–Kier alpha value is -1.07. The number of hydrogen-bond acceptors (Lipinski definition) is 3. The second-order valence-electron chi connectivity index (χ2n) is 5.84. The van der Waals surface area contributed by atoms with Gasteiger partial charge in [-0.3, -0.25) is 0 Å². The van der Waals surface area contributed by atoms with Crippen molar-refractivity contribution in [3.05, 3.63) is 21.9 Å². The molecule has 1 saturated heterocycles. The van der Waals surface area contributed by atoms with Crippen LogP contribution in [0.5, 0.6) is 0 Å². The first-order valence-corrected chi connectivity index (χ1v) is 8.75. The quantitative estimate of drug-likeness (QED) is 0.648. The van der Waals surface area contributed by atoms with Crippen LogP contribution in [-0.4, -0.2) is 44.1 Å². The zero-order valence-corrected chi connectivity index (χ0v) is 14.3. The molecule has 0 atom stereocenters. The minimum absolute atomic E-state index is 0.765. The van der Waals surface area contributed by atoms with Crippen LogP contribution in [0.15, 0.2) is 17.1 Å². The van der Waals surface area contributed by atoms with E-state index in [4.69, 9.17) is 4.99 Å². The first kappa shape index (κ1) is 16.3. The highest BCUT2D eigenvalue weighted by molar-refractivity contribution is 7.11. The molecule has 0 saturated carbocycles. The molecule has 0 bridgehead atoms. The standard InChI is InChI=1S/C16H28N4S/c1-4-17-16(19-12-15-6-5-13(2)21-15)18-11-14-7-9-20(3)10-8-14/h5-6,14H,4,7-12H2,1-3H3,(H2,17,18,19). The van der Waals surface area contributed by atoms with Crippen molar-refractivity contribution < 1.29 is 0 Å². The molecule has 2 heterocycles. The number of guanidine groups is 1. The molecule has 0 unspecified atom stereocenters. The number of rotatable bonds is 5. The topological polar surface area (TPSA) is 39.7 Å². The Bertz CT molecular complexity index is 447. The summed E-state index contributed by atoms with van der Waals surface area (Å²) in [5.74, 6) is 1.72. The summed E-state index contributed by atoms with van der Waals surface area (Å²) in [6.45, 7) is 9.39. The number of thiophene rings is 1. The Labute approximate surface area is 132 Å². The van der Waals surface area contributed by atoms with Gasteiger partial charge in [0.05, 0.1) is 6.54 Å². The molecule has 0 aromatic carbocycles. The van der Waals surface area contributed by atoms with E-state index in [1.54, 1.807) is 0 Å². The van der Waals surface area contributed by atoms with E-state index in [1.165, 1.54) is 35.7 Å². The summed E-state index contributed by atoms with van der Waals surface area (Å²) in [5, 5.41) is 6.85. The number of nitrogens with one attached hydrogen (secondary N) is 2. The number of likely N-dealkylation sites (tertiary alicyclic amines) is 1. The summed E-state index contributed by atoms with van der Waals surface area (Å²) in [6.07, 6.45) is 2.57. The molecule has 0 aliphatic carbocycles. The van der Waals surface area contributed by atoms with Crippen molar-refractivity contribution in [3.8, 4) is 0 Å². The fourth-order valence-electron chi connectivity index (χ4n) is 2.58. The van der Waals surface area contributed by atoms with E-state index in [1.807, 2.05) is 11.3 Å². The highest BCUT2D eigenvalue weighted by Gasteiger charge is 2.16. The van der Waals surface area contributed by atoms with Gasteiger partial charge in [0.2, 0.25) is 0 Å². The van der Waals surface area contributed by atoms with Crippen molar-refractivity contribution in [3.63, 3.8) is 0 Å². The highest BCUT2D eigenvalue weighted by atomic mass is 32.1. The van der Waals surface area contributed by atoms with E-state index in [9.17, 15) is 0 Å². The maximum Gasteiger partial charge on any atom is 0.191 e. The molecule has 118 valence electrons.